The van der Waals surface area contributed by atoms with Gasteiger partial charge in [-0.05, 0) is 54.2 Å². The van der Waals surface area contributed by atoms with Crippen molar-refractivity contribution < 1.29 is 32.7 Å². The minimum absolute atomic E-state index is 0. The van der Waals surface area contributed by atoms with Crippen molar-refractivity contribution in [3.05, 3.63) is 77.2 Å². The summed E-state index contributed by atoms with van der Waals surface area (Å²) < 4.78 is 17.3. The predicted molar refractivity (Wildman–Crippen MR) is 128 cm³/mol. The molecule has 1 aliphatic rings. The van der Waals surface area contributed by atoms with Crippen molar-refractivity contribution in [2.24, 2.45) is 5.92 Å². The molecule has 32 heavy (non-hydrogen) atoms. The molecule has 3 nitrogen and oxygen atoms in total. The second-order valence-corrected chi connectivity index (χ2v) is 8.37. The van der Waals surface area contributed by atoms with Gasteiger partial charge in [-0.2, -0.15) is 0 Å². The van der Waals surface area contributed by atoms with Crippen LogP contribution in [0.5, 0.6) is 0 Å². The number of fused-ring (bicyclic) bond motifs is 1. The first-order valence-electron chi connectivity index (χ1n) is 11.9. The SMILES string of the molecule is CC(=O)/C=C(/C)O.[2H]C([2H])(c1ccc2c(-c3[c-]c(C)cc(C)c3)nccc2c1)C1CCCC1.[Ir]. The van der Waals surface area contributed by atoms with Crippen molar-refractivity contribution >= 4 is 16.6 Å². The number of aliphatic hydroxyl groups is 1. The molecule has 171 valence electrons. The Morgan fingerprint density at radius 1 is 1.19 bits per heavy atom. The maximum Gasteiger partial charge on any atom is 0.155 e. The number of carbonyl (C=O) groups is 1. The molecular weight excluding hydrogens is 575 g/mol. The van der Waals surface area contributed by atoms with Gasteiger partial charge in [0.1, 0.15) is 0 Å². The third kappa shape index (κ3) is 7.39. The van der Waals surface area contributed by atoms with Crippen LogP contribution in [-0.2, 0) is 31.3 Å². The van der Waals surface area contributed by atoms with E-state index in [0.717, 1.165) is 58.8 Å². The van der Waals surface area contributed by atoms with E-state index in [1.54, 1.807) is 0 Å². The van der Waals surface area contributed by atoms with Gasteiger partial charge in [0.15, 0.2) is 5.78 Å². The van der Waals surface area contributed by atoms with Gasteiger partial charge < -0.3 is 10.1 Å². The standard InChI is InChI=1S/C23H24N.C5H8O2.Ir/c1-16-11-17(2)13-21(12-16)23-22-8-7-19(14-18-5-3-4-6-18)15-20(22)9-10-24-23;1-4(6)3-5(2)7;/h7-12,15,18H,3-6,14H2,1-2H3;3,6H,1-2H3;/q-1;;/b;4-3-;/i14D2;;. The molecule has 1 aromatic heterocycles. The Kier molecular flexibility index (Phi) is 8.64. The molecule has 1 fully saturated rings. The van der Waals surface area contributed by atoms with Gasteiger partial charge >= 0.3 is 0 Å². The van der Waals surface area contributed by atoms with E-state index in [9.17, 15) is 4.79 Å². The first-order chi connectivity index (χ1) is 15.6. The summed E-state index contributed by atoms with van der Waals surface area (Å²) in [7, 11) is 0. The summed E-state index contributed by atoms with van der Waals surface area (Å²) in [5.41, 5.74) is 5.01. The minimum atomic E-state index is -1.26. The third-order valence-electron chi connectivity index (χ3n) is 5.31. The van der Waals surface area contributed by atoms with Gasteiger partial charge in [-0.15, -0.1) is 34.9 Å². The number of carbonyl (C=O) groups excluding carboxylic acids is 1. The number of hydrogen-bond donors (Lipinski definition) is 1. The average molecular weight is 609 g/mol. The molecule has 0 saturated heterocycles. The topological polar surface area (TPSA) is 50.2 Å². The summed E-state index contributed by atoms with van der Waals surface area (Å²) >= 11 is 0. The molecule has 1 saturated carbocycles. The maximum absolute atomic E-state index is 10.0. The Morgan fingerprint density at radius 3 is 2.50 bits per heavy atom. The van der Waals surface area contributed by atoms with Crippen molar-refractivity contribution in [3.63, 3.8) is 0 Å². The van der Waals surface area contributed by atoms with Crippen LogP contribution in [0.2, 0.25) is 0 Å². The second-order valence-electron chi connectivity index (χ2n) is 8.37. The van der Waals surface area contributed by atoms with Crippen LogP contribution in [0.25, 0.3) is 22.0 Å². The first kappa shape index (κ1) is 22.9. The smallest absolute Gasteiger partial charge is 0.155 e. The Bertz CT molecular complexity index is 1160. The molecule has 2 aromatic carbocycles. The van der Waals surface area contributed by atoms with Gasteiger partial charge in [0.25, 0.3) is 0 Å². The summed E-state index contributed by atoms with van der Waals surface area (Å²) in [6.45, 7) is 6.99. The summed E-state index contributed by atoms with van der Waals surface area (Å²) in [6, 6.07) is 15.6. The van der Waals surface area contributed by atoms with Crippen LogP contribution in [0.15, 0.2) is 54.4 Å². The van der Waals surface area contributed by atoms with E-state index in [4.69, 9.17) is 7.85 Å². The molecule has 0 bridgehead atoms. The van der Waals surface area contributed by atoms with Crippen LogP contribution in [0.3, 0.4) is 0 Å². The summed E-state index contributed by atoms with van der Waals surface area (Å²) in [4.78, 5) is 14.6. The quantitative estimate of drug-likeness (QED) is 0.196. The molecule has 1 radical (unpaired) electrons. The van der Waals surface area contributed by atoms with Crippen molar-refractivity contribution in [3.8, 4) is 11.3 Å². The number of nitrogens with zero attached hydrogens (tertiary/aromatic N) is 1. The zero-order valence-electron chi connectivity index (χ0n) is 21.2. The number of aliphatic hydroxyl groups excluding tert-OH is 1. The molecule has 4 rings (SSSR count). The zero-order chi connectivity index (χ0) is 24.2. The van der Waals surface area contributed by atoms with E-state index < -0.39 is 6.37 Å². The van der Waals surface area contributed by atoms with Gasteiger partial charge in [-0.1, -0.05) is 57.7 Å². The molecule has 3 aromatic rings. The van der Waals surface area contributed by atoms with Crippen molar-refractivity contribution in [2.75, 3.05) is 0 Å². The molecule has 1 N–H and O–H groups in total. The Labute approximate surface area is 208 Å². The fourth-order valence-electron chi connectivity index (χ4n) is 4.11. The van der Waals surface area contributed by atoms with E-state index in [1.165, 1.54) is 25.5 Å². The number of rotatable bonds is 4. The normalized spacial score (nSPS) is 15.3. The van der Waals surface area contributed by atoms with Crippen molar-refractivity contribution in [2.45, 2.75) is 59.8 Å². The zero-order valence-corrected chi connectivity index (χ0v) is 21.6. The maximum atomic E-state index is 10.0. The van der Waals surface area contributed by atoms with Crippen molar-refractivity contribution in [1.29, 1.82) is 0 Å². The minimum Gasteiger partial charge on any atom is -0.512 e. The number of hydrogen-bond acceptors (Lipinski definition) is 3. The number of aromatic nitrogens is 1. The van der Waals surface area contributed by atoms with Crippen LogP contribution in [0.4, 0.5) is 0 Å². The third-order valence-corrected chi connectivity index (χ3v) is 5.31. The largest absolute Gasteiger partial charge is 0.512 e. The molecule has 1 heterocycles. The van der Waals surface area contributed by atoms with E-state index in [2.05, 4.69) is 37.0 Å². The van der Waals surface area contributed by atoms with E-state index in [-0.39, 0.29) is 37.6 Å². The van der Waals surface area contributed by atoms with E-state index in [0.29, 0.717) is 0 Å². The van der Waals surface area contributed by atoms with Crippen LogP contribution >= 0.6 is 0 Å². The Morgan fingerprint density at radius 2 is 1.91 bits per heavy atom. The fraction of sp³-hybridized carbons (Fsp3) is 0.357. The molecule has 0 atom stereocenters. The van der Waals surface area contributed by atoms with E-state index >= 15 is 0 Å². The van der Waals surface area contributed by atoms with Crippen molar-refractivity contribution in [1.82, 2.24) is 4.98 Å². The molecule has 0 unspecified atom stereocenters. The van der Waals surface area contributed by atoms with Crippen LogP contribution in [-0.4, -0.2) is 15.9 Å². The molecular formula is C28H32IrNO2-. The second kappa shape index (κ2) is 12.1. The molecule has 4 heteroatoms. The molecule has 0 amide bonds. The number of allylic oxidation sites excluding steroid dienone is 2. The van der Waals surface area contributed by atoms with Crippen LogP contribution < -0.4 is 0 Å². The predicted octanol–water partition coefficient (Wildman–Crippen LogP) is 7.09. The summed E-state index contributed by atoms with van der Waals surface area (Å²) in [5.74, 6) is 0.0708. The number of benzene rings is 2. The first-order valence-corrected chi connectivity index (χ1v) is 10.9. The Hall–Kier alpha value is -2.29. The monoisotopic (exact) mass is 609 g/mol. The van der Waals surface area contributed by atoms with Crippen LogP contribution in [0.1, 0.15) is 59.0 Å². The molecule has 0 spiro atoms. The fourth-order valence-corrected chi connectivity index (χ4v) is 4.11. The van der Waals surface area contributed by atoms with Gasteiger partial charge in [-0.25, -0.2) is 0 Å². The average Bonchev–Trinajstić information content (AvgIpc) is 3.27. The number of ketones is 1. The Balaban J connectivity index is 0.000000449. The summed E-state index contributed by atoms with van der Waals surface area (Å²) in [5, 5.41) is 10.5. The number of pyridine rings is 1. The van der Waals surface area contributed by atoms with Crippen LogP contribution in [0, 0.1) is 25.8 Å². The molecule has 1 aliphatic carbocycles. The van der Waals surface area contributed by atoms with Gasteiger partial charge in [0.2, 0.25) is 0 Å². The van der Waals surface area contributed by atoms with Gasteiger partial charge in [0, 0.05) is 35.1 Å². The van der Waals surface area contributed by atoms with Gasteiger partial charge in [0.05, 0.1) is 5.76 Å². The number of aryl methyl sites for hydroxylation is 2. The molecule has 0 aliphatic heterocycles. The van der Waals surface area contributed by atoms with E-state index in [1.807, 2.05) is 30.5 Å². The summed E-state index contributed by atoms with van der Waals surface area (Å²) in [6.07, 6.45) is 6.00. The van der Waals surface area contributed by atoms with Gasteiger partial charge in [-0.3, -0.25) is 4.79 Å².